The number of rotatable bonds is 11. The van der Waals surface area contributed by atoms with Crippen LogP contribution in [-0.2, 0) is 25.5 Å². The average Bonchev–Trinajstić information content (AvgIpc) is 3.51. The van der Waals surface area contributed by atoms with Crippen molar-refractivity contribution in [1.29, 1.82) is 0 Å². The SMILES string of the molecule is C=CCN(C)C(=O)[C@H]1[C@H]2C(=O)N([C@@H](CO)Cc3ccccc3)C(C(=O)N(CC=C)c3c(C)cccc3C)C23CC(C)[C@]1(C)O3. The van der Waals surface area contributed by atoms with Crippen LogP contribution in [0, 0.1) is 31.6 Å². The third-order valence-electron chi connectivity index (χ3n) is 10.2. The zero-order valence-corrected chi connectivity index (χ0v) is 26.5. The Morgan fingerprint density at radius 3 is 2.30 bits per heavy atom. The highest BCUT2D eigenvalue weighted by molar-refractivity contribution is 6.06. The largest absolute Gasteiger partial charge is 0.394 e. The van der Waals surface area contributed by atoms with E-state index in [1.807, 2.05) is 76.2 Å². The summed E-state index contributed by atoms with van der Waals surface area (Å²) in [7, 11) is 1.70. The standard InChI is InChI=1S/C36H45N3O5/c1-8-18-37(7)32(41)28-29-33(42)39(27(22-40)20-26-16-11-10-12-17-26)31(36(29)21-25(5)35(28,6)44-36)34(43)38(19-9-2)30-23(3)14-13-15-24(30)4/h8-17,25,27-29,31,40H,1-2,18-22H2,3-7H3/t25?,27-,28-,29+,31?,35+,36?/m1/s1. The van der Waals surface area contributed by atoms with E-state index in [0.717, 1.165) is 22.4 Å². The lowest BCUT2D eigenvalue weighted by molar-refractivity contribution is -0.153. The van der Waals surface area contributed by atoms with Crippen LogP contribution in [0.25, 0.3) is 0 Å². The van der Waals surface area contributed by atoms with Gasteiger partial charge in [0, 0.05) is 25.8 Å². The molecule has 0 saturated carbocycles. The van der Waals surface area contributed by atoms with E-state index in [-0.39, 0.29) is 36.8 Å². The molecule has 3 fully saturated rings. The van der Waals surface area contributed by atoms with E-state index in [9.17, 15) is 14.7 Å². The molecule has 3 aliphatic heterocycles. The van der Waals surface area contributed by atoms with Crippen molar-refractivity contribution in [3.8, 4) is 0 Å². The first-order chi connectivity index (χ1) is 21.0. The van der Waals surface area contributed by atoms with Gasteiger partial charge in [-0.15, -0.1) is 13.2 Å². The molecule has 0 radical (unpaired) electrons. The fraction of sp³-hybridized carbons (Fsp3) is 0.472. The number of para-hydroxylation sites is 1. The van der Waals surface area contributed by atoms with Crippen molar-refractivity contribution in [1.82, 2.24) is 9.80 Å². The van der Waals surface area contributed by atoms with Crippen LogP contribution in [0.2, 0.25) is 0 Å². The second-order valence-electron chi connectivity index (χ2n) is 13.0. The lowest BCUT2D eigenvalue weighted by Crippen LogP contribution is -2.59. The molecule has 1 N–H and O–H groups in total. The fourth-order valence-electron chi connectivity index (χ4n) is 8.18. The summed E-state index contributed by atoms with van der Waals surface area (Å²) >= 11 is 0. The second-order valence-corrected chi connectivity index (χ2v) is 13.0. The van der Waals surface area contributed by atoms with Crippen LogP contribution in [0.3, 0.4) is 0 Å². The van der Waals surface area contributed by atoms with Gasteiger partial charge in [0.15, 0.2) is 0 Å². The summed E-state index contributed by atoms with van der Waals surface area (Å²) in [5.41, 5.74) is 1.36. The number of amides is 3. The average molecular weight is 600 g/mol. The third-order valence-corrected chi connectivity index (χ3v) is 10.2. The Labute approximate surface area is 261 Å². The van der Waals surface area contributed by atoms with Crippen LogP contribution in [0.1, 0.15) is 37.0 Å². The first-order valence-corrected chi connectivity index (χ1v) is 15.5. The molecule has 8 nitrogen and oxygen atoms in total. The van der Waals surface area contributed by atoms with Crippen molar-refractivity contribution in [3.63, 3.8) is 0 Å². The van der Waals surface area contributed by atoms with Crippen molar-refractivity contribution in [2.24, 2.45) is 17.8 Å². The van der Waals surface area contributed by atoms with Crippen molar-refractivity contribution in [3.05, 3.63) is 90.5 Å². The van der Waals surface area contributed by atoms with Gasteiger partial charge in [0.1, 0.15) is 11.6 Å². The van der Waals surface area contributed by atoms with Crippen LogP contribution in [0.4, 0.5) is 5.69 Å². The molecule has 8 heteroatoms. The lowest BCUT2D eigenvalue weighted by atomic mass is 9.62. The number of aliphatic hydroxyl groups is 1. The maximum atomic E-state index is 15.1. The summed E-state index contributed by atoms with van der Waals surface area (Å²) < 4.78 is 6.96. The number of likely N-dealkylation sites (N-methyl/N-ethyl adjacent to an activating group) is 1. The van der Waals surface area contributed by atoms with E-state index >= 15 is 4.79 Å². The summed E-state index contributed by atoms with van der Waals surface area (Å²) in [5.74, 6) is -2.57. The smallest absolute Gasteiger partial charge is 0.253 e. The summed E-state index contributed by atoms with van der Waals surface area (Å²) in [5, 5.41) is 10.8. The van der Waals surface area contributed by atoms with Gasteiger partial charge >= 0.3 is 0 Å². The maximum absolute atomic E-state index is 15.1. The van der Waals surface area contributed by atoms with E-state index in [2.05, 4.69) is 13.2 Å². The number of hydrogen-bond donors (Lipinski definition) is 1. The first-order valence-electron chi connectivity index (χ1n) is 15.5. The molecule has 7 atom stereocenters. The van der Waals surface area contributed by atoms with E-state index in [4.69, 9.17) is 4.74 Å². The van der Waals surface area contributed by atoms with E-state index < -0.39 is 35.1 Å². The molecular formula is C36H45N3O5. The number of aliphatic hydroxyl groups excluding tert-OH is 1. The summed E-state index contributed by atoms with van der Waals surface area (Å²) in [6.07, 6.45) is 4.13. The summed E-state index contributed by atoms with van der Waals surface area (Å²) in [4.78, 5) is 48.9. The minimum atomic E-state index is -1.24. The van der Waals surface area contributed by atoms with Crippen molar-refractivity contribution in [2.75, 3.05) is 31.6 Å². The quantitative estimate of drug-likeness (QED) is 0.393. The van der Waals surface area contributed by atoms with Gasteiger partial charge in [-0.25, -0.2) is 0 Å². The molecule has 0 aliphatic carbocycles. The number of carbonyl (C=O) groups excluding carboxylic acids is 3. The number of nitrogens with zero attached hydrogens (tertiary/aromatic N) is 3. The highest BCUT2D eigenvalue weighted by Crippen LogP contribution is 2.66. The molecule has 5 rings (SSSR count). The van der Waals surface area contributed by atoms with Crippen LogP contribution < -0.4 is 4.90 Å². The topological polar surface area (TPSA) is 90.4 Å². The Morgan fingerprint density at radius 2 is 1.70 bits per heavy atom. The van der Waals surface area contributed by atoms with Gasteiger partial charge in [-0.05, 0) is 56.2 Å². The molecule has 3 amide bonds. The predicted molar refractivity (Wildman–Crippen MR) is 171 cm³/mol. The molecule has 2 aromatic carbocycles. The predicted octanol–water partition coefficient (Wildman–Crippen LogP) is 4.08. The molecule has 3 saturated heterocycles. The Hall–Kier alpha value is -3.75. The van der Waals surface area contributed by atoms with Gasteiger partial charge in [-0.3, -0.25) is 14.4 Å². The second kappa shape index (κ2) is 12.0. The van der Waals surface area contributed by atoms with Gasteiger partial charge < -0.3 is 24.5 Å². The fourth-order valence-corrected chi connectivity index (χ4v) is 8.18. The zero-order chi connectivity index (χ0) is 32.0. The minimum Gasteiger partial charge on any atom is -0.394 e. The highest BCUT2D eigenvalue weighted by Gasteiger charge is 2.80. The van der Waals surface area contributed by atoms with Crippen LogP contribution in [0.5, 0.6) is 0 Å². The normalized spacial score (nSPS) is 29.3. The van der Waals surface area contributed by atoms with E-state index in [1.165, 1.54) is 0 Å². The van der Waals surface area contributed by atoms with Gasteiger partial charge in [0.2, 0.25) is 11.8 Å². The molecule has 2 bridgehead atoms. The molecule has 3 heterocycles. The van der Waals surface area contributed by atoms with Gasteiger partial charge in [-0.1, -0.05) is 67.6 Å². The molecule has 1 spiro atoms. The number of ether oxygens (including phenoxy) is 1. The van der Waals surface area contributed by atoms with Crippen molar-refractivity contribution in [2.45, 2.75) is 63.8 Å². The molecular weight excluding hydrogens is 554 g/mol. The van der Waals surface area contributed by atoms with Crippen LogP contribution in [0.15, 0.2) is 73.8 Å². The molecule has 234 valence electrons. The van der Waals surface area contributed by atoms with Crippen molar-refractivity contribution >= 4 is 23.4 Å². The van der Waals surface area contributed by atoms with Gasteiger partial charge in [0.25, 0.3) is 5.91 Å². The number of carbonyl (C=O) groups is 3. The molecule has 2 aromatic rings. The van der Waals surface area contributed by atoms with Gasteiger partial charge in [-0.2, -0.15) is 0 Å². The summed E-state index contributed by atoms with van der Waals surface area (Å²) in [6.45, 7) is 15.8. The Balaban J connectivity index is 1.69. The number of hydrogen-bond acceptors (Lipinski definition) is 5. The first kappa shape index (κ1) is 31.7. The lowest BCUT2D eigenvalue weighted by Gasteiger charge is -2.40. The maximum Gasteiger partial charge on any atom is 0.253 e. The molecule has 3 aliphatic rings. The number of benzene rings is 2. The number of aryl methyl sites for hydroxylation is 2. The van der Waals surface area contributed by atoms with Gasteiger partial charge in [0.05, 0.1) is 30.1 Å². The van der Waals surface area contributed by atoms with Crippen LogP contribution in [-0.4, -0.2) is 82.7 Å². The summed E-state index contributed by atoms with van der Waals surface area (Å²) in [6, 6.07) is 13.8. The Morgan fingerprint density at radius 1 is 1.07 bits per heavy atom. The zero-order valence-electron chi connectivity index (χ0n) is 26.5. The van der Waals surface area contributed by atoms with E-state index in [1.54, 1.807) is 33.9 Å². The highest BCUT2D eigenvalue weighted by atomic mass is 16.5. The monoisotopic (exact) mass is 599 g/mol. The third kappa shape index (κ3) is 4.79. The number of likely N-dealkylation sites (tertiary alicyclic amines) is 1. The van der Waals surface area contributed by atoms with Crippen molar-refractivity contribution < 1.29 is 24.2 Å². The van der Waals surface area contributed by atoms with Crippen LogP contribution >= 0.6 is 0 Å². The Kier molecular flexibility index (Phi) is 8.62. The number of anilines is 1. The molecule has 0 aromatic heterocycles. The Bertz CT molecular complexity index is 1440. The van der Waals surface area contributed by atoms with E-state index in [0.29, 0.717) is 19.4 Å². The molecule has 3 unspecified atom stereocenters. The minimum absolute atomic E-state index is 0.0948. The molecule has 44 heavy (non-hydrogen) atoms. The number of fused-ring (bicyclic) bond motifs is 1.